The van der Waals surface area contributed by atoms with Crippen LogP contribution in [0.5, 0.6) is 0 Å². The molecule has 1 aromatic carbocycles. The maximum atomic E-state index is 12.1. The number of nitrogens with one attached hydrogen (secondary N) is 2. The zero-order chi connectivity index (χ0) is 15.6. The highest BCUT2D eigenvalue weighted by atomic mass is 32.2. The number of hydrogen-bond donors (Lipinski definition) is 2. The molecule has 0 aromatic heterocycles. The van der Waals surface area contributed by atoms with E-state index in [0.29, 0.717) is 11.4 Å². The van der Waals surface area contributed by atoms with Gasteiger partial charge in [0.2, 0.25) is 10.0 Å². The Morgan fingerprint density at radius 2 is 1.76 bits per heavy atom. The molecule has 0 aliphatic rings. The van der Waals surface area contributed by atoms with E-state index in [1.807, 2.05) is 23.9 Å². The van der Waals surface area contributed by atoms with Crippen molar-refractivity contribution in [2.24, 2.45) is 0 Å². The fourth-order valence-electron chi connectivity index (χ4n) is 1.86. The third kappa shape index (κ3) is 7.20. The van der Waals surface area contributed by atoms with Gasteiger partial charge in [-0.2, -0.15) is 11.8 Å². The first-order valence-electron chi connectivity index (χ1n) is 7.42. The lowest BCUT2D eigenvalue weighted by Crippen LogP contribution is -2.24. The molecule has 21 heavy (non-hydrogen) atoms. The van der Waals surface area contributed by atoms with Gasteiger partial charge in [0.15, 0.2) is 0 Å². The Kier molecular flexibility index (Phi) is 8.80. The fourth-order valence-corrected chi connectivity index (χ4v) is 3.43. The molecule has 0 spiro atoms. The van der Waals surface area contributed by atoms with Crippen molar-refractivity contribution in [3.8, 4) is 0 Å². The Morgan fingerprint density at radius 1 is 1.05 bits per heavy atom. The minimum absolute atomic E-state index is 0.327. The normalized spacial score (nSPS) is 11.5. The van der Waals surface area contributed by atoms with Crippen molar-refractivity contribution >= 4 is 27.5 Å². The average molecular weight is 331 g/mol. The van der Waals surface area contributed by atoms with Gasteiger partial charge in [0, 0.05) is 18.8 Å². The van der Waals surface area contributed by atoms with E-state index < -0.39 is 10.0 Å². The van der Waals surface area contributed by atoms with Gasteiger partial charge < -0.3 is 5.32 Å². The first-order valence-corrected chi connectivity index (χ1v) is 10.3. The fraction of sp³-hybridized carbons (Fsp3) is 0.600. The zero-order valence-electron chi connectivity index (χ0n) is 12.9. The molecule has 4 nitrogen and oxygen atoms in total. The number of thioether (sulfide) groups is 1. The lowest BCUT2D eigenvalue weighted by atomic mass is 10.2. The molecule has 0 atom stereocenters. The van der Waals surface area contributed by atoms with Gasteiger partial charge in [0.25, 0.3) is 0 Å². The van der Waals surface area contributed by atoms with Gasteiger partial charge in [-0.1, -0.05) is 13.3 Å². The monoisotopic (exact) mass is 330 g/mol. The molecule has 6 heteroatoms. The second-order valence-corrected chi connectivity index (χ2v) is 7.65. The molecule has 0 heterocycles. The van der Waals surface area contributed by atoms with Crippen LogP contribution >= 0.6 is 11.8 Å². The van der Waals surface area contributed by atoms with Crippen LogP contribution in [0.3, 0.4) is 0 Å². The lowest BCUT2D eigenvalue weighted by molar-refractivity contribution is 0.576. The predicted molar refractivity (Wildman–Crippen MR) is 92.6 cm³/mol. The Morgan fingerprint density at radius 3 is 2.38 bits per heavy atom. The van der Waals surface area contributed by atoms with Crippen LogP contribution in [0.2, 0.25) is 0 Å². The van der Waals surface area contributed by atoms with Crippen LogP contribution in [0, 0.1) is 0 Å². The van der Waals surface area contributed by atoms with E-state index in [4.69, 9.17) is 0 Å². The third-order valence-corrected chi connectivity index (χ3v) is 5.23. The summed E-state index contributed by atoms with van der Waals surface area (Å²) in [5, 5.41) is 3.23. The van der Waals surface area contributed by atoms with Crippen LogP contribution in [-0.4, -0.2) is 33.5 Å². The smallest absolute Gasteiger partial charge is 0.240 e. The van der Waals surface area contributed by atoms with Crippen LogP contribution in [0.1, 0.15) is 32.6 Å². The topological polar surface area (TPSA) is 58.2 Å². The van der Waals surface area contributed by atoms with Gasteiger partial charge in [-0.25, -0.2) is 13.1 Å². The second-order valence-electron chi connectivity index (χ2n) is 4.90. The van der Waals surface area contributed by atoms with Crippen molar-refractivity contribution in [2.45, 2.75) is 37.5 Å². The summed E-state index contributed by atoms with van der Waals surface area (Å²) in [5.41, 5.74) is 0.952. The largest absolute Gasteiger partial charge is 0.385 e. The quantitative estimate of drug-likeness (QED) is 0.611. The number of rotatable bonds is 11. The summed E-state index contributed by atoms with van der Waals surface area (Å²) in [6.07, 6.45) is 6.21. The molecule has 1 aromatic rings. The van der Waals surface area contributed by atoms with E-state index in [2.05, 4.69) is 23.2 Å². The van der Waals surface area contributed by atoms with Crippen LogP contribution in [0.25, 0.3) is 0 Å². The van der Waals surface area contributed by atoms with Crippen LogP contribution in [0.4, 0.5) is 5.69 Å². The van der Waals surface area contributed by atoms with Crippen molar-refractivity contribution in [3.05, 3.63) is 24.3 Å². The van der Waals surface area contributed by atoms with Crippen LogP contribution in [-0.2, 0) is 10.0 Å². The van der Waals surface area contributed by atoms with E-state index in [1.165, 1.54) is 0 Å². The standard InChI is InChI=1S/C15H26N2O2S2/c1-3-11-16-14-7-9-15(10-8-14)21(18,19)17-12-5-4-6-13-20-2/h7-10,16-17H,3-6,11-13H2,1-2H3. The minimum atomic E-state index is -3.37. The first-order chi connectivity index (χ1) is 10.1. The summed E-state index contributed by atoms with van der Waals surface area (Å²) >= 11 is 1.82. The predicted octanol–water partition coefficient (Wildman–Crippen LogP) is 3.32. The van der Waals surface area contributed by atoms with E-state index >= 15 is 0 Å². The van der Waals surface area contributed by atoms with Gasteiger partial charge in [0.05, 0.1) is 4.90 Å². The van der Waals surface area contributed by atoms with Gasteiger partial charge >= 0.3 is 0 Å². The van der Waals surface area contributed by atoms with Crippen molar-refractivity contribution in [3.63, 3.8) is 0 Å². The molecule has 120 valence electrons. The van der Waals surface area contributed by atoms with Crippen molar-refractivity contribution in [2.75, 3.05) is 30.4 Å². The highest BCUT2D eigenvalue weighted by Gasteiger charge is 2.12. The molecule has 0 unspecified atom stereocenters. The molecule has 1 rings (SSSR count). The first kappa shape index (κ1) is 18.3. The molecule has 0 bridgehead atoms. The Labute approximate surface area is 133 Å². The Bertz CT molecular complexity index is 487. The molecule has 0 saturated heterocycles. The highest BCUT2D eigenvalue weighted by molar-refractivity contribution is 7.98. The van der Waals surface area contributed by atoms with E-state index in [-0.39, 0.29) is 0 Å². The Hall–Kier alpha value is -0.720. The van der Waals surface area contributed by atoms with Gasteiger partial charge in [-0.15, -0.1) is 0 Å². The van der Waals surface area contributed by atoms with Gasteiger partial charge in [0.1, 0.15) is 0 Å². The molecule has 0 saturated carbocycles. The summed E-state index contributed by atoms with van der Waals surface area (Å²) in [5.74, 6) is 1.14. The Balaban J connectivity index is 2.42. The molecule has 0 fully saturated rings. The highest BCUT2D eigenvalue weighted by Crippen LogP contribution is 2.14. The maximum absolute atomic E-state index is 12.1. The molecule has 2 N–H and O–H groups in total. The van der Waals surface area contributed by atoms with E-state index in [1.54, 1.807) is 12.1 Å². The van der Waals surface area contributed by atoms with Crippen molar-refractivity contribution in [1.29, 1.82) is 0 Å². The van der Waals surface area contributed by atoms with E-state index in [0.717, 1.165) is 43.7 Å². The summed E-state index contributed by atoms with van der Waals surface area (Å²) < 4.78 is 26.9. The van der Waals surface area contributed by atoms with Gasteiger partial charge in [-0.05, 0) is 55.5 Å². The molecular formula is C15H26N2O2S2. The molecule has 0 aliphatic heterocycles. The number of unbranched alkanes of at least 4 members (excludes halogenated alkanes) is 2. The van der Waals surface area contributed by atoms with E-state index in [9.17, 15) is 8.42 Å². The molecular weight excluding hydrogens is 304 g/mol. The number of anilines is 1. The summed E-state index contributed by atoms with van der Waals surface area (Å²) in [6, 6.07) is 6.91. The molecule has 0 aliphatic carbocycles. The molecule has 0 radical (unpaired) electrons. The third-order valence-electron chi connectivity index (χ3n) is 3.06. The maximum Gasteiger partial charge on any atom is 0.240 e. The van der Waals surface area contributed by atoms with Crippen LogP contribution in [0.15, 0.2) is 29.2 Å². The number of hydrogen-bond acceptors (Lipinski definition) is 4. The number of benzene rings is 1. The second kappa shape index (κ2) is 10.1. The van der Waals surface area contributed by atoms with Crippen LogP contribution < -0.4 is 10.0 Å². The number of sulfonamides is 1. The summed E-state index contributed by atoms with van der Waals surface area (Å²) in [4.78, 5) is 0.327. The lowest BCUT2D eigenvalue weighted by Gasteiger charge is -2.08. The SMILES string of the molecule is CCCNc1ccc(S(=O)(=O)NCCCCCSC)cc1. The zero-order valence-corrected chi connectivity index (χ0v) is 14.5. The summed E-state index contributed by atoms with van der Waals surface area (Å²) in [6.45, 7) is 3.49. The minimum Gasteiger partial charge on any atom is -0.385 e. The van der Waals surface area contributed by atoms with Crippen molar-refractivity contribution in [1.82, 2.24) is 4.72 Å². The average Bonchev–Trinajstić information content (AvgIpc) is 2.49. The molecule has 0 amide bonds. The van der Waals surface area contributed by atoms with Crippen molar-refractivity contribution < 1.29 is 8.42 Å². The van der Waals surface area contributed by atoms with Gasteiger partial charge in [-0.3, -0.25) is 0 Å². The summed E-state index contributed by atoms with van der Waals surface area (Å²) in [7, 11) is -3.37.